The van der Waals surface area contributed by atoms with Gasteiger partial charge in [0.1, 0.15) is 5.76 Å². The summed E-state index contributed by atoms with van der Waals surface area (Å²) in [6, 6.07) is 20.3. The fourth-order valence-electron chi connectivity index (χ4n) is 3.85. The van der Waals surface area contributed by atoms with Gasteiger partial charge in [-0.05, 0) is 60.2 Å². The summed E-state index contributed by atoms with van der Waals surface area (Å²) in [4.78, 5) is 14.6. The summed E-state index contributed by atoms with van der Waals surface area (Å²) in [6.07, 6.45) is 6.69. The highest BCUT2D eigenvalue weighted by Gasteiger charge is 2.22. The second kappa shape index (κ2) is 9.97. The molecule has 2 aromatic carbocycles. The second-order valence-corrected chi connectivity index (χ2v) is 9.58. The summed E-state index contributed by atoms with van der Waals surface area (Å²) < 4.78 is 32.5. The average molecular weight is 451 g/mol. The van der Waals surface area contributed by atoms with E-state index in [2.05, 4.69) is 29.0 Å². The van der Waals surface area contributed by atoms with Gasteiger partial charge in [0.25, 0.3) is 0 Å². The summed E-state index contributed by atoms with van der Waals surface area (Å²) in [5.41, 5.74) is 2.10. The molecule has 0 saturated carbocycles. The Bertz CT molecular complexity index is 1150. The molecule has 7 heteroatoms. The number of sulfonamides is 1. The minimum atomic E-state index is -3.64. The van der Waals surface area contributed by atoms with Crippen molar-refractivity contribution in [1.29, 1.82) is 0 Å². The maximum absolute atomic E-state index is 12.6. The predicted molar refractivity (Wildman–Crippen MR) is 123 cm³/mol. The summed E-state index contributed by atoms with van der Waals surface area (Å²) in [5.74, 6) is 1.02. The van der Waals surface area contributed by atoms with Crippen LogP contribution in [0.2, 0.25) is 0 Å². The van der Waals surface area contributed by atoms with Crippen LogP contribution in [0.25, 0.3) is 6.08 Å². The van der Waals surface area contributed by atoms with Crippen LogP contribution >= 0.6 is 0 Å². The van der Waals surface area contributed by atoms with Gasteiger partial charge in [-0.15, -0.1) is 0 Å². The van der Waals surface area contributed by atoms with Crippen molar-refractivity contribution < 1.29 is 17.6 Å². The first-order valence-corrected chi connectivity index (χ1v) is 12.1. The largest absolute Gasteiger partial charge is 0.468 e. The van der Waals surface area contributed by atoms with Crippen molar-refractivity contribution in [2.45, 2.75) is 30.2 Å². The van der Waals surface area contributed by atoms with E-state index in [9.17, 15) is 13.2 Å². The first kappa shape index (κ1) is 22.0. The van der Waals surface area contributed by atoms with Gasteiger partial charge < -0.3 is 9.32 Å². The van der Waals surface area contributed by atoms with Gasteiger partial charge in [-0.2, -0.15) is 0 Å². The van der Waals surface area contributed by atoms with Crippen LogP contribution in [0.15, 0.2) is 88.4 Å². The Hall–Kier alpha value is -3.16. The molecule has 0 unspecified atom stereocenters. The predicted octanol–water partition coefficient (Wildman–Crippen LogP) is 4.18. The fourth-order valence-corrected chi connectivity index (χ4v) is 4.85. The smallest absolute Gasteiger partial charge is 0.246 e. The van der Waals surface area contributed by atoms with Gasteiger partial charge in [0.05, 0.1) is 17.7 Å². The van der Waals surface area contributed by atoms with Crippen molar-refractivity contribution >= 4 is 22.0 Å². The highest BCUT2D eigenvalue weighted by Crippen LogP contribution is 2.27. The molecule has 2 heterocycles. The summed E-state index contributed by atoms with van der Waals surface area (Å²) in [7, 11) is -3.64. The van der Waals surface area contributed by atoms with Crippen LogP contribution in [-0.2, 0) is 21.4 Å². The Kier molecular flexibility index (Phi) is 6.87. The van der Waals surface area contributed by atoms with Crippen LogP contribution in [0, 0.1) is 0 Å². The molecular weight excluding hydrogens is 424 g/mol. The van der Waals surface area contributed by atoms with Crippen LogP contribution < -0.4 is 4.72 Å². The first-order chi connectivity index (χ1) is 15.5. The quantitative estimate of drug-likeness (QED) is 0.548. The fraction of sp³-hybridized carbons (Fsp3) is 0.240. The lowest BCUT2D eigenvalue weighted by Crippen LogP contribution is -2.36. The summed E-state index contributed by atoms with van der Waals surface area (Å²) >= 11 is 0. The molecule has 1 fully saturated rings. The van der Waals surface area contributed by atoms with Gasteiger partial charge in [0, 0.05) is 19.2 Å². The van der Waals surface area contributed by atoms with Crippen molar-refractivity contribution in [2.75, 3.05) is 13.1 Å². The van der Waals surface area contributed by atoms with Gasteiger partial charge in [-0.25, -0.2) is 13.1 Å². The van der Waals surface area contributed by atoms with Crippen molar-refractivity contribution in [1.82, 2.24) is 9.62 Å². The highest BCUT2D eigenvalue weighted by molar-refractivity contribution is 7.89. The monoisotopic (exact) mass is 450 g/mol. The van der Waals surface area contributed by atoms with Gasteiger partial charge in [0.2, 0.25) is 15.9 Å². The molecule has 1 saturated heterocycles. The Morgan fingerprint density at radius 2 is 1.72 bits per heavy atom. The number of rotatable bonds is 7. The third-order valence-corrected chi connectivity index (χ3v) is 7.12. The number of carbonyl (C=O) groups excluding carboxylic acids is 1. The van der Waals surface area contributed by atoms with Crippen molar-refractivity contribution in [3.63, 3.8) is 0 Å². The van der Waals surface area contributed by atoms with Crippen molar-refractivity contribution in [2.24, 2.45) is 0 Å². The Morgan fingerprint density at radius 3 is 2.38 bits per heavy atom. The lowest BCUT2D eigenvalue weighted by atomic mass is 9.89. The Balaban J connectivity index is 1.30. The molecule has 1 N–H and O–H groups in total. The minimum absolute atomic E-state index is 0.0201. The molecule has 1 aliphatic rings. The van der Waals surface area contributed by atoms with E-state index in [1.54, 1.807) is 36.4 Å². The number of amides is 1. The molecule has 6 nitrogen and oxygen atoms in total. The van der Waals surface area contributed by atoms with E-state index in [0.717, 1.165) is 31.5 Å². The number of likely N-dealkylation sites (tertiary alicyclic amines) is 1. The highest BCUT2D eigenvalue weighted by atomic mass is 32.2. The third-order valence-electron chi connectivity index (χ3n) is 5.70. The molecule has 0 radical (unpaired) electrons. The normalized spacial score (nSPS) is 15.3. The molecule has 0 spiro atoms. The SMILES string of the molecule is O=C(/C=C/c1ccc(S(=O)(=O)NCc2ccco2)cc1)N1CCC(c2ccccc2)CC1. The van der Waals surface area contributed by atoms with E-state index < -0.39 is 10.0 Å². The number of hydrogen-bond donors (Lipinski definition) is 1. The number of piperidine rings is 1. The van der Waals surface area contributed by atoms with E-state index in [1.165, 1.54) is 24.0 Å². The summed E-state index contributed by atoms with van der Waals surface area (Å²) in [5, 5.41) is 0. The second-order valence-electron chi connectivity index (χ2n) is 7.82. The molecule has 1 amide bonds. The molecule has 3 aromatic rings. The molecular formula is C25H26N2O4S. The molecule has 0 bridgehead atoms. The minimum Gasteiger partial charge on any atom is -0.468 e. The molecule has 0 aliphatic carbocycles. The van der Waals surface area contributed by atoms with E-state index in [4.69, 9.17) is 4.42 Å². The number of nitrogens with one attached hydrogen (secondary N) is 1. The average Bonchev–Trinajstić information content (AvgIpc) is 3.36. The first-order valence-electron chi connectivity index (χ1n) is 10.7. The Morgan fingerprint density at radius 1 is 1.00 bits per heavy atom. The molecule has 1 aromatic heterocycles. The van der Waals surface area contributed by atoms with Crippen LogP contribution in [-0.4, -0.2) is 32.3 Å². The molecule has 32 heavy (non-hydrogen) atoms. The van der Waals surface area contributed by atoms with Crippen molar-refractivity contribution in [3.8, 4) is 0 Å². The summed E-state index contributed by atoms with van der Waals surface area (Å²) in [6.45, 7) is 1.56. The van der Waals surface area contributed by atoms with Crippen LogP contribution in [0.5, 0.6) is 0 Å². The van der Waals surface area contributed by atoms with E-state index >= 15 is 0 Å². The third kappa shape index (κ3) is 5.55. The zero-order valence-corrected chi connectivity index (χ0v) is 18.5. The maximum atomic E-state index is 12.6. The number of benzene rings is 2. The van der Waals surface area contributed by atoms with Gasteiger partial charge in [0.15, 0.2) is 0 Å². The lowest BCUT2D eigenvalue weighted by Gasteiger charge is -2.31. The molecule has 0 atom stereocenters. The number of carbonyl (C=O) groups is 1. The van der Waals surface area contributed by atoms with Gasteiger partial charge in [-0.3, -0.25) is 4.79 Å². The zero-order valence-electron chi connectivity index (χ0n) is 17.7. The molecule has 1 aliphatic heterocycles. The van der Waals surface area contributed by atoms with E-state index in [-0.39, 0.29) is 17.3 Å². The van der Waals surface area contributed by atoms with Crippen LogP contribution in [0.3, 0.4) is 0 Å². The molecule has 166 valence electrons. The zero-order chi connectivity index (χ0) is 22.4. The van der Waals surface area contributed by atoms with Crippen LogP contribution in [0.4, 0.5) is 0 Å². The topological polar surface area (TPSA) is 79.6 Å². The molecule has 4 rings (SSSR count). The maximum Gasteiger partial charge on any atom is 0.246 e. The van der Waals surface area contributed by atoms with Gasteiger partial charge in [-0.1, -0.05) is 42.5 Å². The van der Waals surface area contributed by atoms with E-state index in [0.29, 0.717) is 11.7 Å². The number of hydrogen-bond acceptors (Lipinski definition) is 4. The number of nitrogens with zero attached hydrogens (tertiary/aromatic N) is 1. The number of furan rings is 1. The van der Waals surface area contributed by atoms with Crippen molar-refractivity contribution in [3.05, 3.63) is 96.0 Å². The lowest BCUT2D eigenvalue weighted by molar-refractivity contribution is -0.126. The van der Waals surface area contributed by atoms with Gasteiger partial charge >= 0.3 is 0 Å². The van der Waals surface area contributed by atoms with Crippen LogP contribution in [0.1, 0.15) is 35.6 Å². The standard InChI is InChI=1S/C25H26N2O4S/c28-25(27-16-14-22(15-17-27)21-5-2-1-3-6-21)13-10-20-8-11-24(12-9-20)32(29,30)26-19-23-7-4-18-31-23/h1-13,18,22,26H,14-17,19H2/b13-10+. The van der Waals surface area contributed by atoms with E-state index in [1.807, 2.05) is 11.0 Å². The Labute approximate surface area is 188 Å².